The van der Waals surface area contributed by atoms with Gasteiger partial charge in [-0.05, 0) is 53.4 Å². The number of carbonyl (C=O) groups is 2. The van der Waals surface area contributed by atoms with Crippen LogP contribution in [0.1, 0.15) is 16.5 Å². The smallest absolute Gasteiger partial charge is 0.322 e. The number of benzene rings is 2. The molecule has 0 aliphatic carbocycles. The number of aromatic hydroxyl groups is 1. The zero-order chi connectivity index (χ0) is 19.5. The van der Waals surface area contributed by atoms with Crippen LogP contribution in [0.15, 0.2) is 69.8 Å². The fourth-order valence-corrected chi connectivity index (χ4v) is 4.82. The first kappa shape index (κ1) is 18.4. The van der Waals surface area contributed by atoms with Crippen molar-refractivity contribution in [3.05, 3.63) is 70.4 Å². The second-order valence-electron chi connectivity index (χ2n) is 6.08. The molecule has 1 aromatic heterocycles. The average Bonchev–Trinajstić information content (AvgIpc) is 3.26. The number of thiophene rings is 1. The van der Waals surface area contributed by atoms with E-state index < -0.39 is 12.1 Å². The molecular weight excluding hydrogens is 396 g/mol. The molecule has 0 radical (unpaired) electrons. The summed E-state index contributed by atoms with van der Waals surface area (Å²) in [6, 6.07) is 15.4. The van der Waals surface area contributed by atoms with Crippen LogP contribution < -0.4 is 15.4 Å². The molecular formula is C20H16N2O4S2. The molecule has 2 aromatic carbocycles. The summed E-state index contributed by atoms with van der Waals surface area (Å²) in [5.41, 5.74) is 0.887. The molecule has 6 nitrogen and oxygen atoms in total. The molecule has 4 rings (SSSR count). The Hall–Kier alpha value is -2.97. The number of carbonyl (C=O) groups excluding carboxylic acids is 2. The van der Waals surface area contributed by atoms with Gasteiger partial charge in [0.15, 0.2) is 0 Å². The van der Waals surface area contributed by atoms with Crippen molar-refractivity contribution in [2.75, 3.05) is 0 Å². The van der Waals surface area contributed by atoms with Gasteiger partial charge in [0.1, 0.15) is 24.1 Å². The molecule has 0 spiro atoms. The number of phenols is 1. The fraction of sp³-hybridized carbons (Fsp3) is 0.100. The topological polar surface area (TPSA) is 87.7 Å². The first-order chi connectivity index (χ1) is 13.6. The van der Waals surface area contributed by atoms with E-state index in [-0.39, 0.29) is 11.7 Å². The SMILES string of the molecule is O=C1NC(=O)C(c2sccc2Sc2ccc(OCc3cccc(O)c3)cc2)N1. The van der Waals surface area contributed by atoms with Gasteiger partial charge < -0.3 is 15.2 Å². The molecule has 0 saturated carbocycles. The molecule has 1 aliphatic heterocycles. The van der Waals surface area contributed by atoms with Crippen LogP contribution in [0.25, 0.3) is 0 Å². The van der Waals surface area contributed by atoms with Crippen molar-refractivity contribution in [2.45, 2.75) is 22.4 Å². The minimum atomic E-state index is -0.639. The van der Waals surface area contributed by atoms with E-state index >= 15 is 0 Å². The van der Waals surface area contributed by atoms with Gasteiger partial charge in [0.25, 0.3) is 5.91 Å². The van der Waals surface area contributed by atoms with Crippen LogP contribution in [-0.2, 0) is 11.4 Å². The van der Waals surface area contributed by atoms with E-state index in [1.165, 1.54) is 23.1 Å². The summed E-state index contributed by atoms with van der Waals surface area (Å²) in [5, 5.41) is 16.3. The van der Waals surface area contributed by atoms with Gasteiger partial charge >= 0.3 is 6.03 Å². The first-order valence-corrected chi connectivity index (χ1v) is 10.2. The zero-order valence-electron chi connectivity index (χ0n) is 14.5. The number of ether oxygens (including phenoxy) is 1. The number of rotatable bonds is 6. The van der Waals surface area contributed by atoms with Gasteiger partial charge in [0, 0.05) is 9.79 Å². The molecule has 1 fully saturated rings. The lowest BCUT2D eigenvalue weighted by Gasteiger charge is -2.10. The minimum absolute atomic E-state index is 0.214. The highest BCUT2D eigenvalue weighted by atomic mass is 32.2. The molecule has 1 unspecified atom stereocenters. The van der Waals surface area contributed by atoms with Crippen molar-refractivity contribution in [2.24, 2.45) is 0 Å². The maximum absolute atomic E-state index is 11.9. The third kappa shape index (κ3) is 4.13. The zero-order valence-corrected chi connectivity index (χ0v) is 16.2. The Bertz CT molecular complexity index is 1020. The molecule has 8 heteroatoms. The minimum Gasteiger partial charge on any atom is -0.508 e. The molecule has 2 heterocycles. The Balaban J connectivity index is 1.41. The number of hydrogen-bond acceptors (Lipinski definition) is 6. The van der Waals surface area contributed by atoms with Gasteiger partial charge in [-0.25, -0.2) is 4.79 Å². The summed E-state index contributed by atoms with van der Waals surface area (Å²) in [6.45, 7) is 0.367. The molecule has 3 N–H and O–H groups in total. The number of urea groups is 1. The summed E-state index contributed by atoms with van der Waals surface area (Å²) in [7, 11) is 0. The molecule has 142 valence electrons. The summed E-state index contributed by atoms with van der Waals surface area (Å²) in [4.78, 5) is 26.0. The number of hydrogen-bond donors (Lipinski definition) is 3. The van der Waals surface area contributed by atoms with Crippen LogP contribution in [0.4, 0.5) is 4.79 Å². The van der Waals surface area contributed by atoms with Crippen molar-refractivity contribution in [3.8, 4) is 11.5 Å². The average molecular weight is 412 g/mol. The normalized spacial score (nSPS) is 15.9. The highest BCUT2D eigenvalue weighted by Crippen LogP contribution is 2.38. The summed E-state index contributed by atoms with van der Waals surface area (Å²) in [6.07, 6.45) is 0. The molecule has 1 saturated heterocycles. The number of nitrogens with one attached hydrogen (secondary N) is 2. The third-order valence-corrected chi connectivity index (χ3v) is 6.26. The molecule has 3 amide bonds. The van der Waals surface area contributed by atoms with Crippen LogP contribution in [-0.4, -0.2) is 17.0 Å². The fourth-order valence-electron chi connectivity index (χ4n) is 2.75. The quantitative estimate of drug-likeness (QED) is 0.532. The van der Waals surface area contributed by atoms with Crippen molar-refractivity contribution in [1.82, 2.24) is 10.6 Å². The summed E-state index contributed by atoms with van der Waals surface area (Å²) < 4.78 is 5.75. The van der Waals surface area contributed by atoms with Gasteiger partial charge in [-0.3, -0.25) is 10.1 Å². The van der Waals surface area contributed by atoms with Crippen molar-refractivity contribution in [1.29, 1.82) is 0 Å². The Morgan fingerprint density at radius 1 is 1.11 bits per heavy atom. The predicted molar refractivity (Wildman–Crippen MR) is 107 cm³/mol. The lowest BCUT2D eigenvalue weighted by atomic mass is 10.2. The largest absolute Gasteiger partial charge is 0.508 e. The highest BCUT2D eigenvalue weighted by Gasteiger charge is 2.33. The Morgan fingerprint density at radius 2 is 1.93 bits per heavy atom. The van der Waals surface area contributed by atoms with Crippen LogP contribution >= 0.6 is 23.1 Å². The molecule has 1 atom stereocenters. The maximum Gasteiger partial charge on any atom is 0.322 e. The highest BCUT2D eigenvalue weighted by molar-refractivity contribution is 7.99. The summed E-state index contributed by atoms with van der Waals surface area (Å²) in [5.74, 6) is 0.609. The maximum atomic E-state index is 11.9. The van der Waals surface area contributed by atoms with E-state index in [1.54, 1.807) is 18.2 Å². The van der Waals surface area contributed by atoms with Crippen LogP contribution in [0.2, 0.25) is 0 Å². The second-order valence-corrected chi connectivity index (χ2v) is 8.14. The van der Waals surface area contributed by atoms with E-state index in [0.29, 0.717) is 6.61 Å². The lowest BCUT2D eigenvalue weighted by molar-refractivity contribution is -0.120. The molecule has 3 aromatic rings. The van der Waals surface area contributed by atoms with Crippen molar-refractivity contribution >= 4 is 35.0 Å². The van der Waals surface area contributed by atoms with Crippen LogP contribution in [0.5, 0.6) is 11.5 Å². The van der Waals surface area contributed by atoms with Gasteiger partial charge in [-0.15, -0.1) is 11.3 Å². The Morgan fingerprint density at radius 3 is 2.64 bits per heavy atom. The Kier molecular flexibility index (Phi) is 5.23. The molecule has 1 aliphatic rings. The second kappa shape index (κ2) is 7.95. The van der Waals surface area contributed by atoms with Gasteiger partial charge in [-0.1, -0.05) is 23.9 Å². The monoisotopic (exact) mass is 412 g/mol. The van der Waals surface area contributed by atoms with Gasteiger partial charge in [0.2, 0.25) is 0 Å². The first-order valence-electron chi connectivity index (χ1n) is 8.46. The Labute approximate surface area is 169 Å². The number of imide groups is 1. The van der Waals surface area contributed by atoms with E-state index in [1.807, 2.05) is 41.8 Å². The van der Waals surface area contributed by atoms with Crippen LogP contribution in [0, 0.1) is 0 Å². The lowest BCUT2D eigenvalue weighted by Crippen LogP contribution is -2.22. The van der Waals surface area contributed by atoms with E-state index in [4.69, 9.17) is 4.74 Å². The third-order valence-electron chi connectivity index (χ3n) is 4.06. The molecule has 0 bridgehead atoms. The van der Waals surface area contributed by atoms with E-state index in [0.717, 1.165) is 26.0 Å². The van der Waals surface area contributed by atoms with E-state index in [9.17, 15) is 14.7 Å². The van der Waals surface area contributed by atoms with Gasteiger partial charge in [-0.2, -0.15) is 0 Å². The van der Waals surface area contributed by atoms with Crippen molar-refractivity contribution in [3.63, 3.8) is 0 Å². The van der Waals surface area contributed by atoms with Gasteiger partial charge in [0.05, 0.1) is 4.88 Å². The summed E-state index contributed by atoms with van der Waals surface area (Å²) >= 11 is 2.97. The molecule has 28 heavy (non-hydrogen) atoms. The number of phenolic OH excluding ortho intramolecular Hbond substituents is 1. The van der Waals surface area contributed by atoms with E-state index in [2.05, 4.69) is 10.6 Å². The number of amides is 3. The van der Waals surface area contributed by atoms with Crippen LogP contribution in [0.3, 0.4) is 0 Å². The standard InChI is InChI=1S/C20H16N2O4S2/c23-13-3-1-2-12(10-13)11-26-14-4-6-15(7-5-14)28-16-8-9-27-18(16)17-19(24)22-20(25)21-17/h1-10,17,23H,11H2,(H2,21,22,24,25). The predicted octanol–water partition coefficient (Wildman–Crippen LogP) is 4.06. The van der Waals surface area contributed by atoms with Crippen molar-refractivity contribution < 1.29 is 19.4 Å².